The van der Waals surface area contributed by atoms with E-state index in [9.17, 15) is 4.79 Å². The number of nitrogens with zero attached hydrogens (tertiary/aromatic N) is 1. The molecule has 1 rings (SSSR count). The molecule has 0 saturated heterocycles. The molecule has 0 fully saturated rings. The van der Waals surface area contributed by atoms with E-state index in [1.165, 1.54) is 18.3 Å². The summed E-state index contributed by atoms with van der Waals surface area (Å²) in [4.78, 5) is 13.8. The molecule has 2 radical (unpaired) electrons. The Morgan fingerprint density at radius 1 is 1.60 bits per heavy atom. The smallest absolute Gasteiger partial charge is 0.354 e. The Bertz CT molecular complexity index is 240. The fourth-order valence-corrected chi connectivity index (χ4v) is 0.532. The van der Waals surface area contributed by atoms with E-state index < -0.39 is 5.97 Å². The first-order chi connectivity index (χ1) is 4.70. The highest BCUT2D eigenvalue weighted by Crippen LogP contribution is 1.97. The second-order valence-corrected chi connectivity index (χ2v) is 1.78. The second-order valence-electron chi connectivity index (χ2n) is 1.78. The van der Waals surface area contributed by atoms with Gasteiger partial charge in [0.15, 0.2) is 0 Å². The maximum absolute atomic E-state index is 10.2. The van der Waals surface area contributed by atoms with Crippen LogP contribution in [0.1, 0.15) is 16.1 Å². The van der Waals surface area contributed by atoms with Gasteiger partial charge in [-0.3, -0.25) is 0 Å². The van der Waals surface area contributed by atoms with Crippen LogP contribution < -0.4 is 0 Å². The summed E-state index contributed by atoms with van der Waals surface area (Å²) in [5.41, 5.74) is 0.471. The number of hydrogen-bond donors (Lipinski definition) is 1. The van der Waals surface area contributed by atoms with Crippen molar-refractivity contribution in [3.63, 3.8) is 0 Å². The van der Waals surface area contributed by atoms with Crippen LogP contribution in [0.2, 0.25) is 0 Å². The molecule has 10 heavy (non-hydrogen) atoms. The lowest BCUT2D eigenvalue weighted by atomic mass is 10.3. The van der Waals surface area contributed by atoms with E-state index >= 15 is 0 Å². The zero-order valence-electron chi connectivity index (χ0n) is 5.11. The van der Waals surface area contributed by atoms with Gasteiger partial charge in [-0.05, 0) is 11.6 Å². The van der Waals surface area contributed by atoms with Crippen LogP contribution >= 0.6 is 0 Å². The molecular weight excluding hydrogens is 130 g/mol. The van der Waals surface area contributed by atoms with Crippen LogP contribution in [-0.2, 0) is 0 Å². The SMILES string of the molecule is [CH]c1ccc(C(=O)O)nc1. The van der Waals surface area contributed by atoms with Crippen LogP contribution in [0.15, 0.2) is 18.3 Å². The minimum atomic E-state index is -1.04. The Balaban J connectivity index is 3.00. The molecular formula is C7H5NO2. The number of rotatable bonds is 1. The van der Waals surface area contributed by atoms with Gasteiger partial charge in [-0.25, -0.2) is 9.78 Å². The highest BCUT2D eigenvalue weighted by Gasteiger charge is 2.00. The number of aromatic nitrogens is 1. The molecule has 50 valence electrons. The quantitative estimate of drug-likeness (QED) is 0.620. The molecule has 0 spiro atoms. The normalized spacial score (nSPS) is 9.30. The van der Waals surface area contributed by atoms with Crippen molar-refractivity contribution in [2.24, 2.45) is 0 Å². The van der Waals surface area contributed by atoms with E-state index in [2.05, 4.69) is 4.98 Å². The van der Waals surface area contributed by atoms with Crippen molar-refractivity contribution < 1.29 is 9.90 Å². The minimum absolute atomic E-state index is 0.00852. The topological polar surface area (TPSA) is 50.2 Å². The van der Waals surface area contributed by atoms with Gasteiger partial charge in [-0.15, -0.1) is 0 Å². The molecule has 0 unspecified atom stereocenters. The Labute approximate surface area is 58.3 Å². The summed E-state index contributed by atoms with van der Waals surface area (Å²) in [5, 5.41) is 8.37. The largest absolute Gasteiger partial charge is 0.477 e. The monoisotopic (exact) mass is 135 g/mol. The number of carboxylic acids is 1. The maximum atomic E-state index is 10.2. The summed E-state index contributed by atoms with van der Waals surface area (Å²) in [6.07, 6.45) is 1.31. The van der Waals surface area contributed by atoms with E-state index in [-0.39, 0.29) is 5.69 Å². The maximum Gasteiger partial charge on any atom is 0.354 e. The molecule has 0 aliphatic heterocycles. The zero-order chi connectivity index (χ0) is 7.56. The molecule has 0 aliphatic rings. The molecule has 1 heterocycles. The summed E-state index contributed by atoms with van der Waals surface area (Å²) < 4.78 is 0. The third-order valence-corrected chi connectivity index (χ3v) is 1.01. The first kappa shape index (κ1) is 6.74. The van der Waals surface area contributed by atoms with Crippen LogP contribution in [-0.4, -0.2) is 16.1 Å². The van der Waals surface area contributed by atoms with Crippen molar-refractivity contribution in [3.8, 4) is 0 Å². The van der Waals surface area contributed by atoms with Crippen molar-refractivity contribution in [2.75, 3.05) is 0 Å². The van der Waals surface area contributed by atoms with Gasteiger partial charge in [0.1, 0.15) is 5.69 Å². The molecule has 0 bridgehead atoms. The average Bonchev–Trinajstić information content (AvgIpc) is 1.88. The first-order valence-electron chi connectivity index (χ1n) is 2.65. The number of carbonyl (C=O) groups is 1. The van der Waals surface area contributed by atoms with Gasteiger partial charge in [-0.2, -0.15) is 0 Å². The molecule has 0 atom stereocenters. The molecule has 0 amide bonds. The van der Waals surface area contributed by atoms with Gasteiger partial charge in [0.05, 0.1) is 0 Å². The number of carboxylic acid groups (broad SMARTS) is 1. The molecule has 1 aromatic rings. The predicted octanol–water partition coefficient (Wildman–Crippen LogP) is 0.839. The lowest BCUT2D eigenvalue weighted by molar-refractivity contribution is 0.0690. The minimum Gasteiger partial charge on any atom is -0.477 e. The Morgan fingerprint density at radius 3 is 2.70 bits per heavy atom. The third kappa shape index (κ3) is 1.31. The van der Waals surface area contributed by atoms with Gasteiger partial charge in [0.25, 0.3) is 0 Å². The van der Waals surface area contributed by atoms with Crippen LogP contribution in [0.3, 0.4) is 0 Å². The molecule has 3 nitrogen and oxygen atoms in total. The molecule has 1 N–H and O–H groups in total. The van der Waals surface area contributed by atoms with Gasteiger partial charge in [0, 0.05) is 13.1 Å². The van der Waals surface area contributed by atoms with Crippen LogP contribution in [0.5, 0.6) is 0 Å². The van der Waals surface area contributed by atoms with Crippen molar-refractivity contribution in [2.45, 2.75) is 0 Å². The number of aromatic carboxylic acids is 1. The molecule has 0 saturated carbocycles. The molecule has 1 aromatic heterocycles. The average molecular weight is 135 g/mol. The van der Waals surface area contributed by atoms with Crippen molar-refractivity contribution in [3.05, 3.63) is 36.5 Å². The summed E-state index contributed by atoms with van der Waals surface area (Å²) in [5.74, 6) is -1.04. The second kappa shape index (κ2) is 2.47. The van der Waals surface area contributed by atoms with E-state index in [0.717, 1.165) is 0 Å². The summed E-state index contributed by atoms with van der Waals surface area (Å²) in [7, 11) is 0. The molecule has 0 aromatic carbocycles. The number of pyridine rings is 1. The Hall–Kier alpha value is -1.38. The molecule has 0 aliphatic carbocycles. The highest BCUT2D eigenvalue weighted by atomic mass is 16.4. The summed E-state index contributed by atoms with van der Waals surface area (Å²) in [6.45, 7) is 5.27. The third-order valence-electron chi connectivity index (χ3n) is 1.01. The van der Waals surface area contributed by atoms with Gasteiger partial charge in [-0.1, -0.05) is 6.07 Å². The van der Waals surface area contributed by atoms with Gasteiger partial charge >= 0.3 is 5.97 Å². The fraction of sp³-hybridized carbons (Fsp3) is 0. The standard InChI is InChI=1S/C7H5NO2/c1-5-2-3-6(7(9)10)8-4-5/h1-4H,(H,9,10). The van der Waals surface area contributed by atoms with Crippen molar-refractivity contribution in [1.82, 2.24) is 4.98 Å². The van der Waals surface area contributed by atoms with Crippen LogP contribution in [0.4, 0.5) is 0 Å². The molecule has 3 heteroatoms. The predicted molar refractivity (Wildman–Crippen MR) is 34.6 cm³/mol. The van der Waals surface area contributed by atoms with Crippen molar-refractivity contribution >= 4 is 5.97 Å². The summed E-state index contributed by atoms with van der Waals surface area (Å²) >= 11 is 0. The van der Waals surface area contributed by atoms with Crippen LogP contribution in [0.25, 0.3) is 0 Å². The van der Waals surface area contributed by atoms with E-state index in [1.54, 1.807) is 0 Å². The fourth-order valence-electron chi connectivity index (χ4n) is 0.532. The van der Waals surface area contributed by atoms with E-state index in [0.29, 0.717) is 5.56 Å². The Kier molecular flexibility index (Phi) is 1.67. The lowest BCUT2D eigenvalue weighted by Crippen LogP contribution is -1.98. The number of hydrogen-bond acceptors (Lipinski definition) is 2. The highest BCUT2D eigenvalue weighted by molar-refractivity contribution is 5.85. The van der Waals surface area contributed by atoms with E-state index in [4.69, 9.17) is 12.0 Å². The van der Waals surface area contributed by atoms with Gasteiger partial charge < -0.3 is 5.11 Å². The zero-order valence-corrected chi connectivity index (χ0v) is 5.11. The van der Waals surface area contributed by atoms with Crippen molar-refractivity contribution in [1.29, 1.82) is 0 Å². The van der Waals surface area contributed by atoms with Gasteiger partial charge in [0.2, 0.25) is 0 Å². The van der Waals surface area contributed by atoms with Crippen LogP contribution in [0, 0.1) is 6.92 Å². The lowest BCUT2D eigenvalue weighted by Gasteiger charge is -1.91. The summed E-state index contributed by atoms with van der Waals surface area (Å²) in [6, 6.07) is 2.86. The van der Waals surface area contributed by atoms with E-state index in [1.807, 2.05) is 0 Å². The first-order valence-corrected chi connectivity index (χ1v) is 2.65. The Morgan fingerprint density at radius 2 is 2.30 bits per heavy atom.